The average molecular weight is 390 g/mol. The van der Waals surface area contributed by atoms with Crippen LogP contribution in [0.2, 0.25) is 0 Å². The predicted molar refractivity (Wildman–Crippen MR) is 107 cm³/mol. The van der Waals surface area contributed by atoms with Crippen LogP contribution < -0.4 is 5.56 Å². The fourth-order valence-electron chi connectivity index (χ4n) is 2.95. The molecule has 2 aromatic carbocycles. The summed E-state index contributed by atoms with van der Waals surface area (Å²) in [7, 11) is 0. The van der Waals surface area contributed by atoms with Crippen molar-refractivity contribution >= 4 is 0 Å². The van der Waals surface area contributed by atoms with E-state index in [1.54, 1.807) is 18.2 Å². The highest BCUT2D eigenvalue weighted by molar-refractivity contribution is 5.58. The molecule has 0 bridgehead atoms. The SMILES string of the molecule is CCc1ccc(-c2ccc(=O)n(CCc3nc(-c4ccc(F)cc4)no3)n2)cc1. The molecule has 6 nitrogen and oxygen atoms in total. The topological polar surface area (TPSA) is 73.8 Å². The van der Waals surface area contributed by atoms with E-state index >= 15 is 0 Å². The van der Waals surface area contributed by atoms with E-state index in [9.17, 15) is 9.18 Å². The number of rotatable bonds is 6. The summed E-state index contributed by atoms with van der Waals surface area (Å²) in [6.07, 6.45) is 1.33. The molecule has 7 heteroatoms. The molecule has 4 aromatic rings. The van der Waals surface area contributed by atoms with Crippen LogP contribution >= 0.6 is 0 Å². The van der Waals surface area contributed by atoms with Gasteiger partial charge in [0.2, 0.25) is 11.7 Å². The lowest BCUT2D eigenvalue weighted by Crippen LogP contribution is -2.23. The molecule has 0 saturated carbocycles. The molecule has 0 aliphatic carbocycles. The van der Waals surface area contributed by atoms with Gasteiger partial charge in [-0.15, -0.1) is 0 Å². The maximum Gasteiger partial charge on any atom is 0.266 e. The van der Waals surface area contributed by atoms with Gasteiger partial charge in [0.15, 0.2) is 0 Å². The predicted octanol–water partition coefficient (Wildman–Crippen LogP) is 3.90. The number of benzene rings is 2. The molecule has 2 aromatic heterocycles. The summed E-state index contributed by atoms with van der Waals surface area (Å²) < 4.78 is 19.7. The Bertz CT molecular complexity index is 1160. The van der Waals surface area contributed by atoms with Gasteiger partial charge in [0.05, 0.1) is 12.2 Å². The van der Waals surface area contributed by atoms with Crippen molar-refractivity contribution in [2.24, 2.45) is 0 Å². The molecule has 0 aliphatic rings. The highest BCUT2D eigenvalue weighted by atomic mass is 19.1. The largest absolute Gasteiger partial charge is 0.339 e. The van der Waals surface area contributed by atoms with E-state index in [0.717, 1.165) is 17.7 Å². The van der Waals surface area contributed by atoms with Gasteiger partial charge in [-0.1, -0.05) is 36.3 Å². The molecule has 0 unspecified atom stereocenters. The molecular weight excluding hydrogens is 371 g/mol. The highest BCUT2D eigenvalue weighted by Crippen LogP contribution is 2.18. The molecule has 0 atom stereocenters. The monoisotopic (exact) mass is 390 g/mol. The van der Waals surface area contributed by atoms with Crippen molar-refractivity contribution in [3.8, 4) is 22.6 Å². The molecule has 0 radical (unpaired) electrons. The summed E-state index contributed by atoms with van der Waals surface area (Å²) >= 11 is 0. The molecule has 29 heavy (non-hydrogen) atoms. The van der Waals surface area contributed by atoms with Crippen molar-refractivity contribution in [3.05, 3.63) is 88.3 Å². The molecule has 0 N–H and O–H groups in total. The number of nitrogens with zero attached hydrogens (tertiary/aromatic N) is 4. The first-order valence-corrected chi connectivity index (χ1v) is 9.38. The van der Waals surface area contributed by atoms with Crippen molar-refractivity contribution in [1.82, 2.24) is 19.9 Å². The van der Waals surface area contributed by atoms with Crippen molar-refractivity contribution in [2.45, 2.75) is 26.3 Å². The Kier molecular flexibility index (Phi) is 5.29. The minimum atomic E-state index is -0.327. The number of aromatic nitrogens is 4. The third kappa shape index (κ3) is 4.29. The fourth-order valence-corrected chi connectivity index (χ4v) is 2.95. The van der Waals surface area contributed by atoms with Gasteiger partial charge in [-0.25, -0.2) is 9.07 Å². The minimum absolute atomic E-state index is 0.197. The zero-order valence-corrected chi connectivity index (χ0v) is 15.9. The summed E-state index contributed by atoms with van der Waals surface area (Å²) in [5, 5.41) is 8.38. The van der Waals surface area contributed by atoms with E-state index in [-0.39, 0.29) is 11.4 Å². The van der Waals surface area contributed by atoms with Gasteiger partial charge < -0.3 is 4.52 Å². The molecular formula is C22H19FN4O2. The molecule has 146 valence electrons. The first-order chi connectivity index (χ1) is 14.1. The lowest BCUT2D eigenvalue weighted by Gasteiger charge is -2.06. The van der Waals surface area contributed by atoms with E-state index in [1.807, 2.05) is 12.1 Å². The molecule has 2 heterocycles. The van der Waals surface area contributed by atoms with Crippen molar-refractivity contribution < 1.29 is 8.91 Å². The Morgan fingerprint density at radius 2 is 1.69 bits per heavy atom. The van der Waals surface area contributed by atoms with E-state index in [1.165, 1.54) is 28.4 Å². The minimum Gasteiger partial charge on any atom is -0.339 e. The van der Waals surface area contributed by atoms with Crippen LogP contribution in [0.1, 0.15) is 18.4 Å². The molecule has 0 aliphatic heterocycles. The van der Waals surface area contributed by atoms with Crippen molar-refractivity contribution in [2.75, 3.05) is 0 Å². The zero-order chi connectivity index (χ0) is 20.2. The van der Waals surface area contributed by atoms with Gasteiger partial charge in [0, 0.05) is 23.6 Å². The van der Waals surface area contributed by atoms with Gasteiger partial charge in [-0.05, 0) is 42.3 Å². The van der Waals surface area contributed by atoms with E-state index in [4.69, 9.17) is 4.52 Å². The van der Waals surface area contributed by atoms with Gasteiger partial charge in [0.25, 0.3) is 5.56 Å². The summed E-state index contributed by atoms with van der Waals surface area (Å²) in [6.45, 7) is 2.41. The fraction of sp³-hybridized carbons (Fsp3) is 0.182. The van der Waals surface area contributed by atoms with Crippen LogP contribution in [-0.2, 0) is 19.4 Å². The summed E-state index contributed by atoms with van der Waals surface area (Å²) in [5.74, 6) is 0.438. The lowest BCUT2D eigenvalue weighted by atomic mass is 10.1. The van der Waals surface area contributed by atoms with Gasteiger partial charge in [-0.2, -0.15) is 10.1 Å². The molecule has 0 amide bonds. The lowest BCUT2D eigenvalue weighted by molar-refractivity contribution is 0.368. The number of aryl methyl sites for hydroxylation is 3. The Morgan fingerprint density at radius 1 is 0.966 bits per heavy atom. The molecule has 0 fully saturated rings. The van der Waals surface area contributed by atoms with Crippen molar-refractivity contribution in [1.29, 1.82) is 0 Å². The van der Waals surface area contributed by atoms with Crippen LogP contribution in [0.25, 0.3) is 22.6 Å². The maximum atomic E-state index is 13.0. The van der Waals surface area contributed by atoms with Crippen LogP contribution in [0.3, 0.4) is 0 Å². The van der Waals surface area contributed by atoms with Gasteiger partial charge >= 0.3 is 0 Å². The quantitative estimate of drug-likeness (QED) is 0.499. The molecule has 0 saturated heterocycles. The number of hydrogen-bond acceptors (Lipinski definition) is 5. The summed E-state index contributed by atoms with van der Waals surface area (Å²) in [5.41, 5.74) is 3.39. The van der Waals surface area contributed by atoms with Crippen LogP contribution in [-0.4, -0.2) is 19.9 Å². The van der Waals surface area contributed by atoms with Gasteiger partial charge in [-0.3, -0.25) is 4.79 Å². The van der Waals surface area contributed by atoms with Crippen molar-refractivity contribution in [3.63, 3.8) is 0 Å². The second-order valence-corrected chi connectivity index (χ2v) is 6.60. The van der Waals surface area contributed by atoms with Gasteiger partial charge in [0.1, 0.15) is 5.82 Å². The second kappa shape index (κ2) is 8.18. The zero-order valence-electron chi connectivity index (χ0n) is 15.9. The summed E-state index contributed by atoms with van der Waals surface area (Å²) in [4.78, 5) is 16.5. The second-order valence-electron chi connectivity index (χ2n) is 6.60. The Balaban J connectivity index is 1.49. The van der Waals surface area contributed by atoms with E-state index in [0.29, 0.717) is 30.2 Å². The van der Waals surface area contributed by atoms with Crippen LogP contribution in [0.4, 0.5) is 4.39 Å². The van der Waals surface area contributed by atoms with Crippen LogP contribution in [0, 0.1) is 5.82 Å². The normalized spacial score (nSPS) is 11.0. The molecule has 0 spiro atoms. The average Bonchev–Trinajstić information content (AvgIpc) is 3.23. The molecule has 4 rings (SSSR count). The third-order valence-electron chi connectivity index (χ3n) is 4.63. The third-order valence-corrected chi connectivity index (χ3v) is 4.63. The Labute approximate surface area is 166 Å². The number of hydrogen-bond donors (Lipinski definition) is 0. The smallest absolute Gasteiger partial charge is 0.266 e. The summed E-state index contributed by atoms with van der Waals surface area (Å²) in [6, 6.07) is 17.2. The number of halogens is 1. The Morgan fingerprint density at radius 3 is 2.41 bits per heavy atom. The van der Waals surface area contributed by atoms with E-state index in [2.05, 4.69) is 34.3 Å². The first-order valence-electron chi connectivity index (χ1n) is 9.38. The van der Waals surface area contributed by atoms with Crippen LogP contribution in [0.15, 0.2) is 70.0 Å². The standard InChI is InChI=1S/C22H19FN4O2/c1-2-15-3-5-16(6-4-15)19-11-12-21(28)27(25-19)14-13-20-24-22(26-29-20)17-7-9-18(23)10-8-17/h3-12H,2,13-14H2,1H3. The maximum absolute atomic E-state index is 13.0. The first kappa shape index (κ1) is 18.7. The highest BCUT2D eigenvalue weighted by Gasteiger charge is 2.10. The van der Waals surface area contributed by atoms with E-state index < -0.39 is 0 Å². The van der Waals surface area contributed by atoms with Crippen LogP contribution in [0.5, 0.6) is 0 Å². The Hall–Kier alpha value is -3.61.